The van der Waals surface area contributed by atoms with Gasteiger partial charge in [-0.2, -0.15) is 0 Å². The minimum Gasteiger partial charge on any atom is -0.480 e. The van der Waals surface area contributed by atoms with Crippen molar-refractivity contribution in [3.05, 3.63) is 0 Å². The zero-order valence-electron chi connectivity index (χ0n) is 23.2. The lowest BCUT2D eigenvalue weighted by atomic mass is 10.1. The van der Waals surface area contributed by atoms with Crippen LogP contribution in [0.4, 0.5) is 0 Å². The van der Waals surface area contributed by atoms with Gasteiger partial charge in [0, 0.05) is 26.2 Å². The summed E-state index contributed by atoms with van der Waals surface area (Å²) in [6.07, 6.45) is 2.83. The van der Waals surface area contributed by atoms with Crippen LogP contribution in [-0.4, -0.2) is 113 Å². The number of nitrogens with two attached hydrogens (primary N) is 5. The molecule has 0 aromatic carbocycles. The second-order valence-corrected chi connectivity index (χ2v) is 10.00. The lowest BCUT2D eigenvalue weighted by Crippen LogP contribution is -2.57. The molecule has 41 heavy (non-hydrogen) atoms. The monoisotopic (exact) mass is 581 g/mol. The van der Waals surface area contributed by atoms with E-state index in [4.69, 9.17) is 28.7 Å². The van der Waals surface area contributed by atoms with Gasteiger partial charge in [0.25, 0.3) is 0 Å². The molecule has 230 valence electrons. The van der Waals surface area contributed by atoms with Crippen LogP contribution in [0.3, 0.4) is 0 Å². The average Bonchev–Trinajstić information content (AvgIpc) is 3.61. The molecule has 2 heterocycles. The Kier molecular flexibility index (Phi) is 13.1. The first-order valence-electron chi connectivity index (χ1n) is 13.7. The Bertz CT molecular complexity index is 1010. The summed E-state index contributed by atoms with van der Waals surface area (Å²) in [5.41, 5.74) is 26.8. The standard InChI is InChI=1S/C24H43N11O6/c25-13-18(36)34-11-3-7-16(34)19(37)32-14(5-1-9-30-23(26)27)21(39)35-12-4-8-17(35)20(38)33-15(22(40)41)6-2-10-31-24(28)29/h14-17H,1-13,25H2,(H,32,37)(H,33,38)(H,40,41)(H4,26,27,30)(H4,28,29,31)/t14-,15-,16-,17-/m0/s1. The van der Waals surface area contributed by atoms with Crippen molar-refractivity contribution in [2.45, 2.75) is 75.5 Å². The van der Waals surface area contributed by atoms with Crippen LogP contribution in [0.5, 0.6) is 0 Å². The molecule has 2 aliphatic heterocycles. The number of likely N-dealkylation sites (tertiary alicyclic amines) is 2. The van der Waals surface area contributed by atoms with E-state index in [1.807, 2.05) is 0 Å². The molecule has 0 unspecified atom stereocenters. The average molecular weight is 582 g/mol. The van der Waals surface area contributed by atoms with E-state index in [9.17, 15) is 29.1 Å². The van der Waals surface area contributed by atoms with Crippen molar-refractivity contribution in [3.63, 3.8) is 0 Å². The van der Waals surface area contributed by atoms with Gasteiger partial charge in [-0.3, -0.25) is 29.2 Å². The number of carbonyl (C=O) groups is 5. The molecule has 4 atom stereocenters. The Balaban J connectivity index is 2.14. The van der Waals surface area contributed by atoms with Gasteiger partial charge < -0.3 is 54.2 Å². The normalized spacial score (nSPS) is 19.6. The van der Waals surface area contributed by atoms with Crippen LogP contribution in [0.1, 0.15) is 51.4 Å². The van der Waals surface area contributed by atoms with Crippen LogP contribution in [-0.2, 0) is 24.0 Å². The summed E-state index contributed by atoms with van der Waals surface area (Å²) in [6, 6.07) is -3.89. The highest BCUT2D eigenvalue weighted by Gasteiger charge is 2.40. The number of aliphatic imine (C=N–C) groups is 2. The number of carbonyl (C=O) groups excluding carboxylic acids is 4. The Morgan fingerprint density at radius 3 is 1.73 bits per heavy atom. The number of carboxylic acid groups (broad SMARTS) is 1. The van der Waals surface area contributed by atoms with E-state index in [2.05, 4.69) is 20.6 Å². The topological polar surface area (TPSA) is 291 Å². The molecular weight excluding hydrogens is 538 g/mol. The number of amides is 4. The molecule has 0 radical (unpaired) electrons. The molecule has 0 aromatic heterocycles. The van der Waals surface area contributed by atoms with Crippen molar-refractivity contribution < 1.29 is 29.1 Å². The maximum absolute atomic E-state index is 13.7. The summed E-state index contributed by atoms with van der Waals surface area (Å²) in [7, 11) is 0. The first kappa shape index (κ1) is 33.1. The number of aliphatic carboxylic acids is 1. The first-order chi connectivity index (χ1) is 19.5. The quantitative estimate of drug-likeness (QED) is 0.0525. The molecule has 2 aliphatic rings. The maximum Gasteiger partial charge on any atom is 0.326 e. The second-order valence-electron chi connectivity index (χ2n) is 10.00. The fourth-order valence-corrected chi connectivity index (χ4v) is 5.02. The van der Waals surface area contributed by atoms with Gasteiger partial charge >= 0.3 is 5.97 Å². The highest BCUT2D eigenvalue weighted by molar-refractivity contribution is 5.95. The predicted molar refractivity (Wildman–Crippen MR) is 150 cm³/mol. The van der Waals surface area contributed by atoms with Crippen LogP contribution >= 0.6 is 0 Å². The van der Waals surface area contributed by atoms with Gasteiger partial charge in [0.15, 0.2) is 11.9 Å². The number of carboxylic acids is 1. The van der Waals surface area contributed by atoms with Crippen molar-refractivity contribution >= 4 is 41.5 Å². The lowest BCUT2D eigenvalue weighted by molar-refractivity contribution is -0.145. The van der Waals surface area contributed by atoms with Crippen LogP contribution in [0.25, 0.3) is 0 Å². The van der Waals surface area contributed by atoms with Crippen LogP contribution in [0.2, 0.25) is 0 Å². The van der Waals surface area contributed by atoms with E-state index in [-0.39, 0.29) is 56.8 Å². The summed E-state index contributed by atoms with van der Waals surface area (Å²) in [5, 5.41) is 14.9. The molecule has 0 spiro atoms. The minimum absolute atomic E-state index is 0.0847. The van der Waals surface area contributed by atoms with Gasteiger partial charge in [0.1, 0.15) is 24.2 Å². The molecule has 0 aliphatic carbocycles. The van der Waals surface area contributed by atoms with Gasteiger partial charge in [-0.1, -0.05) is 0 Å². The fourth-order valence-electron chi connectivity index (χ4n) is 5.02. The molecule has 4 amide bonds. The highest BCUT2D eigenvalue weighted by Crippen LogP contribution is 2.22. The van der Waals surface area contributed by atoms with E-state index < -0.39 is 47.9 Å². The summed E-state index contributed by atoms with van der Waals surface area (Å²) in [5.74, 6) is -3.40. The minimum atomic E-state index is -1.23. The summed E-state index contributed by atoms with van der Waals surface area (Å²) >= 11 is 0. The van der Waals surface area contributed by atoms with Gasteiger partial charge in [0.05, 0.1) is 6.54 Å². The van der Waals surface area contributed by atoms with Crippen molar-refractivity contribution in [1.82, 2.24) is 20.4 Å². The van der Waals surface area contributed by atoms with Crippen LogP contribution in [0, 0.1) is 0 Å². The van der Waals surface area contributed by atoms with Crippen molar-refractivity contribution in [2.75, 3.05) is 32.7 Å². The Morgan fingerprint density at radius 1 is 0.780 bits per heavy atom. The Labute approximate surface area is 238 Å². The van der Waals surface area contributed by atoms with Gasteiger partial charge in [-0.05, 0) is 51.4 Å². The van der Waals surface area contributed by atoms with E-state index in [0.717, 1.165) is 0 Å². The van der Waals surface area contributed by atoms with Crippen molar-refractivity contribution in [1.29, 1.82) is 0 Å². The maximum atomic E-state index is 13.7. The number of hydrogen-bond acceptors (Lipinski definition) is 8. The third-order valence-corrected chi connectivity index (χ3v) is 7.01. The molecule has 0 saturated carbocycles. The zero-order chi connectivity index (χ0) is 30.5. The number of guanidine groups is 2. The van der Waals surface area contributed by atoms with E-state index >= 15 is 0 Å². The third-order valence-electron chi connectivity index (χ3n) is 7.01. The largest absolute Gasteiger partial charge is 0.480 e. The zero-order valence-corrected chi connectivity index (χ0v) is 23.2. The molecule has 13 N–H and O–H groups in total. The van der Waals surface area contributed by atoms with Gasteiger partial charge in [0.2, 0.25) is 23.6 Å². The second kappa shape index (κ2) is 16.2. The summed E-state index contributed by atoms with van der Waals surface area (Å²) in [6.45, 7) is 0.823. The number of nitrogens with zero attached hydrogens (tertiary/aromatic N) is 4. The Hall–Kier alpha value is -4.15. The van der Waals surface area contributed by atoms with Crippen molar-refractivity contribution in [2.24, 2.45) is 38.7 Å². The molecule has 2 rings (SSSR count). The van der Waals surface area contributed by atoms with Crippen molar-refractivity contribution in [3.8, 4) is 0 Å². The van der Waals surface area contributed by atoms with Gasteiger partial charge in [-0.15, -0.1) is 0 Å². The summed E-state index contributed by atoms with van der Waals surface area (Å²) < 4.78 is 0. The molecule has 17 nitrogen and oxygen atoms in total. The molecular formula is C24H43N11O6. The van der Waals surface area contributed by atoms with Crippen LogP contribution in [0.15, 0.2) is 9.98 Å². The smallest absolute Gasteiger partial charge is 0.326 e. The number of nitrogens with one attached hydrogen (secondary N) is 2. The first-order valence-corrected chi connectivity index (χ1v) is 13.7. The fraction of sp³-hybridized carbons (Fsp3) is 0.708. The van der Waals surface area contributed by atoms with E-state index in [1.54, 1.807) is 0 Å². The van der Waals surface area contributed by atoms with E-state index in [0.29, 0.717) is 45.1 Å². The summed E-state index contributed by atoms with van der Waals surface area (Å²) in [4.78, 5) is 74.5. The number of hydrogen-bond donors (Lipinski definition) is 8. The highest BCUT2D eigenvalue weighted by atomic mass is 16.4. The lowest BCUT2D eigenvalue weighted by Gasteiger charge is -2.31. The van der Waals surface area contributed by atoms with Gasteiger partial charge in [-0.25, -0.2) is 4.79 Å². The molecule has 0 bridgehead atoms. The molecule has 2 saturated heterocycles. The molecule has 2 fully saturated rings. The Morgan fingerprint density at radius 2 is 1.24 bits per heavy atom. The number of rotatable bonds is 15. The van der Waals surface area contributed by atoms with E-state index in [1.165, 1.54) is 9.80 Å². The predicted octanol–water partition coefficient (Wildman–Crippen LogP) is -3.91. The van der Waals surface area contributed by atoms with Crippen LogP contribution < -0.4 is 39.3 Å². The molecule has 17 heteroatoms. The third kappa shape index (κ3) is 10.1. The SMILES string of the molecule is NCC(=O)N1CCC[C@H]1C(=O)N[C@@H](CCCN=C(N)N)C(=O)N1CCC[C@H]1C(=O)N[C@@H](CCCN=C(N)N)C(=O)O. The molecule has 0 aromatic rings.